The molecule has 1 fully saturated rings. The second kappa shape index (κ2) is 9.18. The number of thioether (sulfide) groups is 1. The molecule has 0 radical (unpaired) electrons. The standard InChI is InChI=1S/C23H19BrClFN2O2S/c1-2-3-9-28-22(29)21(31-23(28)30)10-14-12-27(20-8-7-15(24)11-16(14)20)13-17-18(25)5-4-6-19(17)26/h4-8,10-12H,2-3,9,13H2,1H3/b21-10-. The van der Waals surface area contributed by atoms with Gasteiger partial charge in [0.05, 0.1) is 11.4 Å². The van der Waals surface area contributed by atoms with Gasteiger partial charge in [-0.25, -0.2) is 4.39 Å². The molecule has 1 aromatic heterocycles. The van der Waals surface area contributed by atoms with Crippen molar-refractivity contribution in [3.8, 4) is 0 Å². The van der Waals surface area contributed by atoms with Gasteiger partial charge in [0.25, 0.3) is 11.1 Å². The fraction of sp³-hybridized carbons (Fsp3) is 0.217. The number of imide groups is 1. The van der Waals surface area contributed by atoms with Gasteiger partial charge in [-0.2, -0.15) is 0 Å². The van der Waals surface area contributed by atoms with E-state index in [2.05, 4.69) is 15.9 Å². The number of carbonyl (C=O) groups is 2. The van der Waals surface area contributed by atoms with E-state index in [9.17, 15) is 14.0 Å². The summed E-state index contributed by atoms with van der Waals surface area (Å²) in [6.07, 6.45) is 5.28. The Morgan fingerprint density at radius 1 is 1.23 bits per heavy atom. The van der Waals surface area contributed by atoms with Crippen LogP contribution in [0.4, 0.5) is 9.18 Å². The highest BCUT2D eigenvalue weighted by Crippen LogP contribution is 2.35. The van der Waals surface area contributed by atoms with Gasteiger partial charge >= 0.3 is 0 Å². The van der Waals surface area contributed by atoms with Crippen LogP contribution in [0.5, 0.6) is 0 Å². The van der Waals surface area contributed by atoms with E-state index in [0.29, 0.717) is 22.0 Å². The quantitative estimate of drug-likeness (QED) is 0.326. The van der Waals surface area contributed by atoms with Crippen molar-refractivity contribution in [2.45, 2.75) is 26.3 Å². The predicted octanol–water partition coefficient (Wildman–Crippen LogP) is 7.08. The van der Waals surface area contributed by atoms with E-state index in [-0.39, 0.29) is 23.5 Å². The van der Waals surface area contributed by atoms with Gasteiger partial charge in [0.1, 0.15) is 5.82 Å². The number of hydrogen-bond donors (Lipinski definition) is 0. The maximum atomic E-state index is 14.4. The van der Waals surface area contributed by atoms with Crippen molar-refractivity contribution in [1.29, 1.82) is 0 Å². The van der Waals surface area contributed by atoms with Gasteiger partial charge in [0, 0.05) is 44.3 Å². The fourth-order valence-corrected chi connectivity index (χ4v) is 4.99. The summed E-state index contributed by atoms with van der Waals surface area (Å²) < 4.78 is 17.1. The molecule has 1 aliphatic heterocycles. The minimum atomic E-state index is -0.370. The van der Waals surface area contributed by atoms with Crippen LogP contribution in [-0.4, -0.2) is 27.2 Å². The molecule has 2 heterocycles. The van der Waals surface area contributed by atoms with Crippen LogP contribution in [0.2, 0.25) is 5.02 Å². The fourth-order valence-electron chi connectivity index (χ4n) is 3.55. The van der Waals surface area contributed by atoms with E-state index >= 15 is 0 Å². The first-order valence-corrected chi connectivity index (χ1v) is 11.8. The third kappa shape index (κ3) is 4.45. The third-order valence-electron chi connectivity index (χ3n) is 5.16. The molecule has 0 saturated carbocycles. The Labute approximate surface area is 197 Å². The van der Waals surface area contributed by atoms with Gasteiger partial charge in [-0.3, -0.25) is 14.5 Å². The smallest absolute Gasteiger partial charge is 0.293 e. The van der Waals surface area contributed by atoms with Crippen molar-refractivity contribution >= 4 is 67.4 Å². The van der Waals surface area contributed by atoms with Crippen molar-refractivity contribution in [2.24, 2.45) is 0 Å². The van der Waals surface area contributed by atoms with Gasteiger partial charge < -0.3 is 4.57 Å². The molecule has 0 atom stereocenters. The second-order valence-electron chi connectivity index (χ2n) is 7.26. The Kier molecular flexibility index (Phi) is 6.55. The number of hydrogen-bond acceptors (Lipinski definition) is 3. The Morgan fingerprint density at radius 3 is 2.77 bits per heavy atom. The summed E-state index contributed by atoms with van der Waals surface area (Å²) in [5, 5.41) is 1.01. The summed E-state index contributed by atoms with van der Waals surface area (Å²) in [6.45, 7) is 2.69. The lowest BCUT2D eigenvalue weighted by Crippen LogP contribution is -2.29. The highest BCUT2D eigenvalue weighted by atomic mass is 79.9. The molecule has 0 bridgehead atoms. The van der Waals surface area contributed by atoms with Gasteiger partial charge in [0.15, 0.2) is 0 Å². The lowest BCUT2D eigenvalue weighted by molar-refractivity contribution is -0.122. The van der Waals surface area contributed by atoms with Crippen molar-refractivity contribution in [3.05, 3.63) is 73.9 Å². The summed E-state index contributed by atoms with van der Waals surface area (Å²) in [5.41, 5.74) is 2.05. The van der Waals surface area contributed by atoms with Gasteiger partial charge in [-0.05, 0) is 54.6 Å². The number of rotatable bonds is 6. The molecule has 1 saturated heterocycles. The summed E-state index contributed by atoms with van der Waals surface area (Å²) in [6, 6.07) is 10.4. The van der Waals surface area contributed by atoms with Crippen LogP contribution in [-0.2, 0) is 11.3 Å². The molecule has 3 aromatic rings. The van der Waals surface area contributed by atoms with Gasteiger partial charge in [0.2, 0.25) is 0 Å². The Hall–Kier alpha value is -2.09. The van der Waals surface area contributed by atoms with Crippen LogP contribution in [0, 0.1) is 5.82 Å². The molecule has 8 heteroatoms. The molecule has 0 N–H and O–H groups in total. The highest BCUT2D eigenvalue weighted by molar-refractivity contribution is 9.10. The van der Waals surface area contributed by atoms with E-state index < -0.39 is 0 Å². The Morgan fingerprint density at radius 2 is 2.03 bits per heavy atom. The molecule has 0 unspecified atom stereocenters. The SMILES string of the molecule is CCCCN1C(=O)S/C(=C\c2cn(Cc3c(F)cccc3Cl)c3ccc(Br)cc23)C1=O. The first-order chi connectivity index (χ1) is 14.9. The number of unbranched alkanes of at least 4 members (excludes halogenated alkanes) is 1. The number of halogens is 3. The van der Waals surface area contributed by atoms with Crippen molar-refractivity contribution < 1.29 is 14.0 Å². The lowest BCUT2D eigenvalue weighted by Gasteiger charge is -2.10. The van der Waals surface area contributed by atoms with Gasteiger partial charge in [-0.15, -0.1) is 0 Å². The maximum Gasteiger partial charge on any atom is 0.293 e. The molecule has 0 aliphatic carbocycles. The number of fused-ring (bicyclic) bond motifs is 1. The zero-order valence-corrected chi connectivity index (χ0v) is 19.9. The molecule has 160 valence electrons. The Balaban J connectivity index is 1.76. The molecule has 31 heavy (non-hydrogen) atoms. The van der Waals surface area contributed by atoms with Crippen molar-refractivity contribution in [1.82, 2.24) is 9.47 Å². The summed E-state index contributed by atoms with van der Waals surface area (Å²) in [5.74, 6) is -0.637. The average molecular weight is 522 g/mol. The molecule has 2 aromatic carbocycles. The summed E-state index contributed by atoms with van der Waals surface area (Å²) >= 11 is 10.7. The normalized spacial score (nSPS) is 15.6. The van der Waals surface area contributed by atoms with Crippen LogP contribution < -0.4 is 0 Å². The number of carbonyl (C=O) groups excluding carboxylic acids is 2. The molecule has 4 rings (SSSR count). The zero-order chi connectivity index (χ0) is 22.1. The molecule has 0 spiro atoms. The number of aromatic nitrogens is 1. The molecule has 2 amide bonds. The van der Waals surface area contributed by atoms with Gasteiger partial charge in [-0.1, -0.05) is 46.9 Å². The molecule has 1 aliphatic rings. The third-order valence-corrected chi connectivity index (χ3v) is 6.91. The summed E-state index contributed by atoms with van der Waals surface area (Å²) in [7, 11) is 0. The monoisotopic (exact) mass is 520 g/mol. The first-order valence-electron chi connectivity index (χ1n) is 9.85. The topological polar surface area (TPSA) is 42.3 Å². The van der Waals surface area contributed by atoms with E-state index in [4.69, 9.17) is 11.6 Å². The number of benzene rings is 2. The predicted molar refractivity (Wildman–Crippen MR) is 128 cm³/mol. The van der Waals surface area contributed by atoms with E-state index in [1.165, 1.54) is 11.0 Å². The molecule has 4 nitrogen and oxygen atoms in total. The zero-order valence-electron chi connectivity index (χ0n) is 16.7. The van der Waals surface area contributed by atoms with Crippen LogP contribution >= 0.6 is 39.3 Å². The number of amides is 2. The number of nitrogens with zero attached hydrogens (tertiary/aromatic N) is 2. The Bertz CT molecular complexity index is 1200. The second-order valence-corrected chi connectivity index (χ2v) is 9.58. The summed E-state index contributed by atoms with van der Waals surface area (Å²) in [4.78, 5) is 26.7. The van der Waals surface area contributed by atoms with E-state index in [1.807, 2.05) is 35.9 Å². The minimum absolute atomic E-state index is 0.243. The van der Waals surface area contributed by atoms with Crippen LogP contribution in [0.1, 0.15) is 30.9 Å². The first kappa shape index (κ1) is 22.1. The van der Waals surface area contributed by atoms with Crippen LogP contribution in [0.3, 0.4) is 0 Å². The van der Waals surface area contributed by atoms with E-state index in [0.717, 1.165) is 45.5 Å². The largest absolute Gasteiger partial charge is 0.342 e. The van der Waals surface area contributed by atoms with E-state index in [1.54, 1.807) is 18.2 Å². The van der Waals surface area contributed by atoms with Crippen molar-refractivity contribution in [2.75, 3.05) is 6.54 Å². The lowest BCUT2D eigenvalue weighted by atomic mass is 10.1. The average Bonchev–Trinajstić information content (AvgIpc) is 3.20. The van der Waals surface area contributed by atoms with Crippen LogP contribution in [0.25, 0.3) is 17.0 Å². The highest BCUT2D eigenvalue weighted by Gasteiger charge is 2.34. The molecular weight excluding hydrogens is 503 g/mol. The maximum absolute atomic E-state index is 14.4. The van der Waals surface area contributed by atoms with Crippen molar-refractivity contribution in [3.63, 3.8) is 0 Å². The minimum Gasteiger partial charge on any atom is -0.342 e. The van der Waals surface area contributed by atoms with Crippen LogP contribution in [0.15, 0.2) is 52.0 Å². The molecular formula is C23H19BrClFN2O2S.